The van der Waals surface area contributed by atoms with Gasteiger partial charge in [-0.3, -0.25) is 0 Å². The van der Waals surface area contributed by atoms with Gasteiger partial charge in [-0.1, -0.05) is 104 Å². The molecule has 0 spiro atoms. The molecule has 47 heavy (non-hydrogen) atoms. The van der Waals surface area contributed by atoms with Gasteiger partial charge in [0.15, 0.2) is 0 Å². The molecule has 0 saturated heterocycles. The normalized spacial score (nSPS) is 13.2. The number of hydrogen-bond acceptors (Lipinski definition) is 11. The van der Waals surface area contributed by atoms with Crippen LogP contribution in [0.15, 0.2) is 0 Å². The molecule has 0 aliphatic rings. The average molecular weight is 735 g/mol. The number of rotatable bonds is 36. The Kier molecular flexibility index (Phi) is 42.1. The van der Waals surface area contributed by atoms with Crippen LogP contribution in [0.1, 0.15) is 129 Å². The predicted molar refractivity (Wildman–Crippen MR) is 176 cm³/mol. The summed E-state index contributed by atoms with van der Waals surface area (Å²) >= 11 is 0. The Morgan fingerprint density at radius 2 is 0.723 bits per heavy atom. The molecule has 2 unspecified atom stereocenters. The number of hydrogen-bond donors (Lipinski definition) is 0. The second-order valence-corrected chi connectivity index (χ2v) is 14.9. The van der Waals surface area contributed by atoms with Gasteiger partial charge in [-0.2, -0.15) is 0 Å². The van der Waals surface area contributed by atoms with E-state index in [1.807, 2.05) is 0 Å². The van der Waals surface area contributed by atoms with Gasteiger partial charge in [0.2, 0.25) is 0 Å². The Bertz CT molecular complexity index is 782. The predicted octanol–water partition coefficient (Wildman–Crippen LogP) is -0.0334. The molecule has 15 heteroatoms. The third-order valence-electron chi connectivity index (χ3n) is 7.28. The molecule has 0 saturated carbocycles. The first-order valence-electron chi connectivity index (χ1n) is 17.4. The standard InChI is InChI=1S/C32H66O11S2.2Na/c1-3-5-7-9-11-13-15-17-21-39-27-31(42-23-19-25-44(33,34)35)29-41-30-32(43-24-20-26-45(36,37)38)28-40-22-18-16-14-12-10-8-6-4-2;;/h31-32H,3-30H2,1-2H3,(H,33,34,35)(H,36,37,38);;/q;2*+1/p-2. The fraction of sp³-hybridized carbons (Fsp3) is 1.00. The van der Waals surface area contributed by atoms with E-state index in [9.17, 15) is 25.9 Å². The average Bonchev–Trinajstić information content (AvgIpc) is 2.97. The van der Waals surface area contributed by atoms with E-state index in [4.69, 9.17) is 23.7 Å². The first kappa shape index (κ1) is 53.0. The van der Waals surface area contributed by atoms with E-state index in [0.717, 1.165) is 25.7 Å². The minimum atomic E-state index is -4.31. The van der Waals surface area contributed by atoms with Crippen molar-refractivity contribution in [2.24, 2.45) is 0 Å². The molecule has 0 aromatic heterocycles. The van der Waals surface area contributed by atoms with Gasteiger partial charge < -0.3 is 32.8 Å². The van der Waals surface area contributed by atoms with Crippen LogP contribution >= 0.6 is 0 Å². The molecule has 0 aromatic carbocycles. The monoisotopic (exact) mass is 734 g/mol. The molecule has 0 aliphatic carbocycles. The molecule has 0 N–H and O–H groups in total. The third kappa shape index (κ3) is 43.7. The second kappa shape index (κ2) is 37.4. The van der Waals surface area contributed by atoms with Crippen molar-refractivity contribution in [1.82, 2.24) is 0 Å². The van der Waals surface area contributed by atoms with Crippen molar-refractivity contribution in [1.29, 1.82) is 0 Å². The van der Waals surface area contributed by atoms with Crippen molar-refractivity contribution in [2.75, 3.05) is 64.4 Å². The maximum Gasteiger partial charge on any atom is 1.00 e. The van der Waals surface area contributed by atoms with Crippen LogP contribution in [0.5, 0.6) is 0 Å². The molecule has 0 bridgehead atoms. The summed E-state index contributed by atoms with van der Waals surface area (Å²) in [6, 6.07) is 0. The summed E-state index contributed by atoms with van der Waals surface area (Å²) < 4.78 is 94.6. The summed E-state index contributed by atoms with van der Waals surface area (Å²) in [4.78, 5) is 0. The third-order valence-corrected chi connectivity index (χ3v) is 8.86. The van der Waals surface area contributed by atoms with Crippen LogP contribution in [0.4, 0.5) is 0 Å². The van der Waals surface area contributed by atoms with Crippen molar-refractivity contribution < 1.29 is 109 Å². The van der Waals surface area contributed by atoms with Crippen LogP contribution < -0.4 is 59.1 Å². The van der Waals surface area contributed by atoms with Gasteiger partial charge in [0, 0.05) is 37.9 Å². The molecule has 0 radical (unpaired) electrons. The zero-order valence-corrected chi connectivity index (χ0v) is 35.9. The molecule has 11 nitrogen and oxygen atoms in total. The number of unbranched alkanes of at least 4 members (excludes halogenated alkanes) is 14. The summed E-state index contributed by atoms with van der Waals surface area (Å²) in [5.74, 6) is -0.990. The minimum absolute atomic E-state index is 0. The van der Waals surface area contributed by atoms with E-state index in [1.54, 1.807) is 0 Å². The summed E-state index contributed by atoms with van der Waals surface area (Å²) in [5.41, 5.74) is 0. The molecule has 2 atom stereocenters. The Labute approximate surface area is 332 Å². The summed E-state index contributed by atoms with van der Waals surface area (Å²) in [6.45, 7) is 6.62. The van der Waals surface area contributed by atoms with E-state index in [1.165, 1.54) is 77.0 Å². The van der Waals surface area contributed by atoms with Crippen molar-refractivity contribution in [3.05, 3.63) is 0 Å². The Morgan fingerprint density at radius 1 is 0.426 bits per heavy atom. The Balaban J connectivity index is -0.00000968. The molecule has 0 amide bonds. The number of ether oxygens (including phenoxy) is 5. The summed E-state index contributed by atoms with van der Waals surface area (Å²) in [6.07, 6.45) is 18.4. The largest absolute Gasteiger partial charge is 1.00 e. The second-order valence-electron chi connectivity index (χ2n) is 11.9. The van der Waals surface area contributed by atoms with Gasteiger partial charge in [0.05, 0.1) is 46.7 Å². The van der Waals surface area contributed by atoms with Gasteiger partial charge in [-0.05, 0) is 25.7 Å². The first-order valence-corrected chi connectivity index (χ1v) is 20.6. The fourth-order valence-electron chi connectivity index (χ4n) is 4.70. The fourth-order valence-corrected chi connectivity index (χ4v) is 5.64. The minimum Gasteiger partial charge on any atom is -0.748 e. The topological polar surface area (TPSA) is 161 Å². The molecule has 272 valence electrons. The van der Waals surface area contributed by atoms with Crippen molar-refractivity contribution in [2.45, 2.75) is 142 Å². The first-order chi connectivity index (χ1) is 21.6. The summed E-state index contributed by atoms with van der Waals surface area (Å²) in [7, 11) is -8.62. The van der Waals surface area contributed by atoms with Crippen LogP contribution in [0, 0.1) is 0 Å². The molecular formula is C32H64Na2O11S2. The SMILES string of the molecule is CCCCCCCCCCOCC(COCC(COCCCCCCCCCC)OCCCS(=O)(=O)[O-])OCCCS(=O)(=O)[O-].[Na+].[Na+]. The van der Waals surface area contributed by atoms with Crippen LogP contribution in [-0.4, -0.2) is 103 Å². The molecule has 0 aliphatic heterocycles. The molecular weight excluding hydrogens is 670 g/mol. The van der Waals surface area contributed by atoms with Gasteiger partial charge in [0.1, 0.15) is 12.2 Å². The van der Waals surface area contributed by atoms with Crippen LogP contribution in [0.3, 0.4) is 0 Å². The van der Waals surface area contributed by atoms with Crippen LogP contribution in [-0.2, 0) is 43.9 Å². The summed E-state index contributed by atoms with van der Waals surface area (Å²) in [5, 5.41) is 0. The van der Waals surface area contributed by atoms with Gasteiger partial charge in [0.25, 0.3) is 0 Å². The molecule has 0 rings (SSSR count). The van der Waals surface area contributed by atoms with Gasteiger partial charge in [-0.15, -0.1) is 0 Å². The van der Waals surface area contributed by atoms with Crippen molar-refractivity contribution in [3.8, 4) is 0 Å². The Morgan fingerprint density at radius 3 is 1.04 bits per heavy atom. The van der Waals surface area contributed by atoms with E-state index in [-0.39, 0.29) is 112 Å². The van der Waals surface area contributed by atoms with E-state index in [2.05, 4.69) is 13.8 Å². The zero-order valence-electron chi connectivity index (χ0n) is 30.3. The Hall–Kier alpha value is 1.62. The van der Waals surface area contributed by atoms with E-state index >= 15 is 0 Å². The quantitative estimate of drug-likeness (QED) is 0.0483. The maximum absolute atomic E-state index is 10.9. The van der Waals surface area contributed by atoms with Crippen LogP contribution in [0.2, 0.25) is 0 Å². The molecule has 0 fully saturated rings. The van der Waals surface area contributed by atoms with Gasteiger partial charge >= 0.3 is 59.1 Å². The smallest absolute Gasteiger partial charge is 0.748 e. The van der Waals surface area contributed by atoms with E-state index < -0.39 is 43.9 Å². The maximum atomic E-state index is 10.9. The molecule has 0 aromatic rings. The molecule has 0 heterocycles. The van der Waals surface area contributed by atoms with Crippen LogP contribution in [0.25, 0.3) is 0 Å². The van der Waals surface area contributed by atoms with E-state index in [0.29, 0.717) is 13.2 Å². The van der Waals surface area contributed by atoms with Gasteiger partial charge in [-0.25, -0.2) is 16.8 Å². The van der Waals surface area contributed by atoms with Crippen molar-refractivity contribution in [3.63, 3.8) is 0 Å². The zero-order chi connectivity index (χ0) is 33.5. The van der Waals surface area contributed by atoms with Crippen molar-refractivity contribution >= 4 is 20.2 Å².